The monoisotopic (exact) mass is 323 g/mol. The summed E-state index contributed by atoms with van der Waals surface area (Å²) in [6.07, 6.45) is 0. The normalized spacial score (nSPS) is 10.3. The number of anilines is 1. The first-order valence-electron chi connectivity index (χ1n) is 5.92. The topological polar surface area (TPSA) is 21.3 Å². The molecule has 0 aliphatic rings. The van der Waals surface area contributed by atoms with Crippen molar-refractivity contribution in [3.8, 4) is 5.75 Å². The molecular weight excluding hydrogens is 309 g/mol. The first-order chi connectivity index (χ1) is 9.10. The van der Waals surface area contributed by atoms with Gasteiger partial charge in [-0.15, -0.1) is 0 Å². The molecule has 0 saturated carbocycles. The fraction of sp³-hybridized carbons (Fsp3) is 0.200. The number of rotatable bonds is 4. The van der Waals surface area contributed by atoms with Gasteiger partial charge < -0.3 is 10.1 Å². The molecule has 0 atom stereocenters. The number of hydrogen-bond acceptors (Lipinski definition) is 2. The fourth-order valence-corrected chi connectivity index (χ4v) is 2.15. The van der Waals surface area contributed by atoms with Crippen molar-refractivity contribution in [1.82, 2.24) is 0 Å². The SMILES string of the molecule is COc1ccc(CNc2cc(C)ccc2Br)c(F)c1. The standard InChI is InChI=1S/C15H15BrFNO/c1-10-3-6-13(16)15(7-10)18-9-11-4-5-12(19-2)8-14(11)17/h3-8,18H,9H2,1-2H3. The minimum absolute atomic E-state index is 0.268. The average Bonchev–Trinajstić information content (AvgIpc) is 2.40. The molecule has 100 valence electrons. The van der Waals surface area contributed by atoms with Crippen LogP contribution in [0.3, 0.4) is 0 Å². The smallest absolute Gasteiger partial charge is 0.131 e. The Balaban J connectivity index is 2.12. The Kier molecular flexibility index (Phi) is 4.43. The second-order valence-corrected chi connectivity index (χ2v) is 5.15. The van der Waals surface area contributed by atoms with Gasteiger partial charge in [-0.3, -0.25) is 0 Å². The van der Waals surface area contributed by atoms with E-state index in [0.29, 0.717) is 17.9 Å². The lowest BCUT2D eigenvalue weighted by Crippen LogP contribution is -2.03. The van der Waals surface area contributed by atoms with E-state index in [0.717, 1.165) is 15.7 Å². The van der Waals surface area contributed by atoms with Crippen molar-refractivity contribution in [2.45, 2.75) is 13.5 Å². The molecule has 4 heteroatoms. The van der Waals surface area contributed by atoms with Crippen molar-refractivity contribution in [1.29, 1.82) is 0 Å². The van der Waals surface area contributed by atoms with Crippen LogP contribution in [0.2, 0.25) is 0 Å². The van der Waals surface area contributed by atoms with Crippen LogP contribution in [0.1, 0.15) is 11.1 Å². The number of benzene rings is 2. The Bertz CT molecular complexity index is 586. The lowest BCUT2D eigenvalue weighted by Gasteiger charge is -2.11. The van der Waals surface area contributed by atoms with Gasteiger partial charge in [-0.05, 0) is 46.6 Å². The van der Waals surface area contributed by atoms with Crippen molar-refractivity contribution in [3.05, 3.63) is 57.8 Å². The van der Waals surface area contributed by atoms with Crippen LogP contribution in [0.15, 0.2) is 40.9 Å². The van der Waals surface area contributed by atoms with Gasteiger partial charge in [0.05, 0.1) is 7.11 Å². The predicted octanol–water partition coefficient (Wildman–Crippen LogP) is 4.52. The number of hydrogen-bond donors (Lipinski definition) is 1. The van der Waals surface area contributed by atoms with Crippen molar-refractivity contribution < 1.29 is 9.13 Å². The lowest BCUT2D eigenvalue weighted by molar-refractivity contribution is 0.411. The molecule has 0 bridgehead atoms. The van der Waals surface area contributed by atoms with Gasteiger partial charge >= 0.3 is 0 Å². The van der Waals surface area contributed by atoms with E-state index < -0.39 is 0 Å². The van der Waals surface area contributed by atoms with Crippen LogP contribution in [0.4, 0.5) is 10.1 Å². The Morgan fingerprint density at radius 2 is 2.00 bits per heavy atom. The van der Waals surface area contributed by atoms with Crippen molar-refractivity contribution in [3.63, 3.8) is 0 Å². The van der Waals surface area contributed by atoms with Gasteiger partial charge in [-0.25, -0.2) is 4.39 Å². The molecule has 2 rings (SSSR count). The molecule has 0 heterocycles. The van der Waals surface area contributed by atoms with Gasteiger partial charge in [-0.1, -0.05) is 12.1 Å². The summed E-state index contributed by atoms with van der Waals surface area (Å²) in [6, 6.07) is 10.9. The Hall–Kier alpha value is -1.55. The molecule has 0 radical (unpaired) electrons. The highest BCUT2D eigenvalue weighted by Gasteiger charge is 2.05. The fourth-order valence-electron chi connectivity index (χ4n) is 1.76. The summed E-state index contributed by atoms with van der Waals surface area (Å²) in [4.78, 5) is 0. The maximum Gasteiger partial charge on any atom is 0.131 e. The highest BCUT2D eigenvalue weighted by atomic mass is 79.9. The largest absolute Gasteiger partial charge is 0.497 e. The lowest BCUT2D eigenvalue weighted by atomic mass is 10.2. The maximum absolute atomic E-state index is 13.8. The summed E-state index contributed by atoms with van der Waals surface area (Å²) >= 11 is 3.47. The number of methoxy groups -OCH3 is 1. The van der Waals surface area contributed by atoms with E-state index >= 15 is 0 Å². The van der Waals surface area contributed by atoms with Crippen LogP contribution in [-0.4, -0.2) is 7.11 Å². The molecule has 0 aliphatic carbocycles. The summed E-state index contributed by atoms with van der Waals surface area (Å²) in [5.41, 5.74) is 2.71. The molecule has 2 aromatic rings. The van der Waals surface area contributed by atoms with E-state index in [1.54, 1.807) is 12.1 Å². The van der Waals surface area contributed by atoms with E-state index in [9.17, 15) is 4.39 Å². The van der Waals surface area contributed by atoms with Crippen LogP contribution in [0, 0.1) is 12.7 Å². The molecule has 2 aromatic carbocycles. The van der Waals surface area contributed by atoms with Crippen molar-refractivity contribution in [2.24, 2.45) is 0 Å². The van der Waals surface area contributed by atoms with Gasteiger partial charge in [0, 0.05) is 28.3 Å². The molecule has 2 nitrogen and oxygen atoms in total. The summed E-state index contributed by atoms with van der Waals surface area (Å²) in [5, 5.41) is 3.22. The number of ether oxygens (including phenoxy) is 1. The predicted molar refractivity (Wildman–Crippen MR) is 79.2 cm³/mol. The average molecular weight is 324 g/mol. The van der Waals surface area contributed by atoms with Crippen LogP contribution in [0.25, 0.3) is 0 Å². The molecular formula is C15H15BrFNO. The third-order valence-electron chi connectivity index (χ3n) is 2.85. The van der Waals surface area contributed by atoms with Crippen LogP contribution < -0.4 is 10.1 Å². The third kappa shape index (κ3) is 3.47. The number of nitrogens with one attached hydrogen (secondary N) is 1. The van der Waals surface area contributed by atoms with E-state index in [-0.39, 0.29) is 5.82 Å². The molecule has 0 unspecified atom stereocenters. The maximum atomic E-state index is 13.8. The second-order valence-electron chi connectivity index (χ2n) is 4.29. The van der Waals surface area contributed by atoms with Crippen LogP contribution >= 0.6 is 15.9 Å². The van der Waals surface area contributed by atoms with Crippen LogP contribution in [0.5, 0.6) is 5.75 Å². The van der Waals surface area contributed by atoms with Gasteiger partial charge in [0.2, 0.25) is 0 Å². The second kappa shape index (κ2) is 6.06. The highest BCUT2D eigenvalue weighted by molar-refractivity contribution is 9.10. The quantitative estimate of drug-likeness (QED) is 0.893. The molecule has 0 aliphatic heterocycles. The van der Waals surface area contributed by atoms with Gasteiger partial charge in [0.1, 0.15) is 11.6 Å². The summed E-state index contributed by atoms with van der Waals surface area (Å²) < 4.78 is 19.7. The van der Waals surface area contributed by atoms with Crippen molar-refractivity contribution in [2.75, 3.05) is 12.4 Å². The molecule has 0 fully saturated rings. The minimum atomic E-state index is -0.268. The number of halogens is 2. The molecule has 0 spiro atoms. The number of aryl methyl sites for hydroxylation is 1. The third-order valence-corrected chi connectivity index (χ3v) is 3.54. The molecule has 0 saturated heterocycles. The van der Waals surface area contributed by atoms with Gasteiger partial charge in [-0.2, -0.15) is 0 Å². The Morgan fingerprint density at radius 3 is 2.68 bits per heavy atom. The van der Waals surface area contributed by atoms with E-state index in [1.165, 1.54) is 13.2 Å². The summed E-state index contributed by atoms with van der Waals surface area (Å²) in [5.74, 6) is 0.258. The summed E-state index contributed by atoms with van der Waals surface area (Å²) in [6.45, 7) is 2.45. The summed E-state index contributed by atoms with van der Waals surface area (Å²) in [7, 11) is 1.52. The zero-order chi connectivity index (χ0) is 13.8. The molecule has 0 aromatic heterocycles. The Morgan fingerprint density at radius 1 is 1.21 bits per heavy atom. The highest BCUT2D eigenvalue weighted by Crippen LogP contribution is 2.24. The molecule has 1 N–H and O–H groups in total. The molecule has 0 amide bonds. The zero-order valence-electron chi connectivity index (χ0n) is 10.8. The van der Waals surface area contributed by atoms with Crippen molar-refractivity contribution >= 4 is 21.6 Å². The van der Waals surface area contributed by atoms with Gasteiger partial charge in [0.25, 0.3) is 0 Å². The van der Waals surface area contributed by atoms with E-state index in [4.69, 9.17) is 4.74 Å². The molecule has 19 heavy (non-hydrogen) atoms. The Labute approximate surface area is 120 Å². The van der Waals surface area contributed by atoms with Gasteiger partial charge in [0.15, 0.2) is 0 Å². The first kappa shape index (κ1) is 13.9. The van der Waals surface area contributed by atoms with Crippen LogP contribution in [-0.2, 0) is 6.54 Å². The van der Waals surface area contributed by atoms with E-state index in [1.807, 2.05) is 25.1 Å². The zero-order valence-corrected chi connectivity index (χ0v) is 12.4. The first-order valence-corrected chi connectivity index (χ1v) is 6.72. The minimum Gasteiger partial charge on any atom is -0.497 e. The van der Waals surface area contributed by atoms with E-state index in [2.05, 4.69) is 21.2 Å².